The first-order valence-electron chi connectivity index (χ1n) is 6.35. The number of unbranched alkanes of at least 4 members (excludes halogenated alkanes) is 2. The molecule has 1 heterocycles. The SMILES string of the molecule is CSCCCCCNCc1c(C)nn(C)c1C. The molecule has 0 fully saturated rings. The number of hydrogen-bond donors (Lipinski definition) is 1. The molecular formula is C13H25N3S. The molecule has 0 bridgehead atoms. The lowest BCUT2D eigenvalue weighted by Crippen LogP contribution is -2.15. The zero-order valence-electron chi connectivity index (χ0n) is 11.5. The molecule has 0 saturated carbocycles. The zero-order valence-corrected chi connectivity index (χ0v) is 12.4. The predicted molar refractivity (Wildman–Crippen MR) is 76.6 cm³/mol. The van der Waals surface area contributed by atoms with Crippen LogP contribution >= 0.6 is 11.8 Å². The van der Waals surface area contributed by atoms with Crippen molar-refractivity contribution in [1.82, 2.24) is 15.1 Å². The lowest BCUT2D eigenvalue weighted by Gasteiger charge is -2.05. The fraction of sp³-hybridized carbons (Fsp3) is 0.769. The summed E-state index contributed by atoms with van der Waals surface area (Å²) in [5.74, 6) is 1.29. The molecule has 0 spiro atoms. The van der Waals surface area contributed by atoms with Crippen LogP contribution in [0.5, 0.6) is 0 Å². The van der Waals surface area contributed by atoms with Crippen molar-refractivity contribution >= 4 is 11.8 Å². The van der Waals surface area contributed by atoms with Crippen molar-refractivity contribution < 1.29 is 0 Å². The van der Waals surface area contributed by atoms with Gasteiger partial charge in [-0.2, -0.15) is 16.9 Å². The van der Waals surface area contributed by atoms with Crippen molar-refractivity contribution in [1.29, 1.82) is 0 Å². The van der Waals surface area contributed by atoms with Gasteiger partial charge in [0.05, 0.1) is 5.69 Å². The predicted octanol–water partition coefficient (Wildman–Crippen LogP) is 2.66. The van der Waals surface area contributed by atoms with Gasteiger partial charge in [0, 0.05) is 24.8 Å². The molecule has 1 N–H and O–H groups in total. The normalized spacial score (nSPS) is 11.1. The minimum Gasteiger partial charge on any atom is -0.313 e. The fourth-order valence-electron chi connectivity index (χ4n) is 1.96. The van der Waals surface area contributed by atoms with E-state index in [-0.39, 0.29) is 0 Å². The van der Waals surface area contributed by atoms with Crippen molar-refractivity contribution in [3.05, 3.63) is 17.0 Å². The van der Waals surface area contributed by atoms with Gasteiger partial charge >= 0.3 is 0 Å². The van der Waals surface area contributed by atoms with E-state index in [2.05, 4.69) is 30.5 Å². The van der Waals surface area contributed by atoms with Crippen LogP contribution in [-0.4, -0.2) is 28.3 Å². The van der Waals surface area contributed by atoms with Gasteiger partial charge in [0.15, 0.2) is 0 Å². The van der Waals surface area contributed by atoms with E-state index in [1.807, 2.05) is 23.5 Å². The molecule has 3 nitrogen and oxygen atoms in total. The first-order chi connectivity index (χ1) is 8.16. The molecule has 17 heavy (non-hydrogen) atoms. The molecule has 0 unspecified atom stereocenters. The number of nitrogens with zero attached hydrogens (tertiary/aromatic N) is 2. The lowest BCUT2D eigenvalue weighted by atomic mass is 10.2. The van der Waals surface area contributed by atoms with Crippen LogP contribution in [-0.2, 0) is 13.6 Å². The number of rotatable bonds is 8. The van der Waals surface area contributed by atoms with Gasteiger partial charge in [-0.25, -0.2) is 0 Å². The van der Waals surface area contributed by atoms with Crippen LogP contribution in [0, 0.1) is 13.8 Å². The van der Waals surface area contributed by atoms with Crippen molar-refractivity contribution in [3.8, 4) is 0 Å². The molecule has 0 saturated heterocycles. The van der Waals surface area contributed by atoms with E-state index in [1.165, 1.54) is 36.3 Å². The van der Waals surface area contributed by atoms with Gasteiger partial charge < -0.3 is 5.32 Å². The topological polar surface area (TPSA) is 29.9 Å². The second-order valence-electron chi connectivity index (χ2n) is 4.50. The van der Waals surface area contributed by atoms with Crippen molar-refractivity contribution in [2.24, 2.45) is 7.05 Å². The van der Waals surface area contributed by atoms with E-state index in [4.69, 9.17) is 0 Å². The van der Waals surface area contributed by atoms with E-state index in [0.717, 1.165) is 18.8 Å². The molecule has 0 aliphatic rings. The zero-order chi connectivity index (χ0) is 12.7. The monoisotopic (exact) mass is 255 g/mol. The molecular weight excluding hydrogens is 230 g/mol. The van der Waals surface area contributed by atoms with Crippen molar-refractivity contribution in [3.63, 3.8) is 0 Å². The summed E-state index contributed by atoms with van der Waals surface area (Å²) < 4.78 is 1.96. The quantitative estimate of drug-likeness (QED) is 0.724. The Labute approximate surface area is 109 Å². The molecule has 0 aliphatic heterocycles. The molecule has 0 aromatic carbocycles. The molecule has 1 aromatic rings. The molecule has 1 aromatic heterocycles. The van der Waals surface area contributed by atoms with E-state index < -0.39 is 0 Å². The highest BCUT2D eigenvalue weighted by Crippen LogP contribution is 2.11. The number of thioether (sulfide) groups is 1. The first kappa shape index (κ1) is 14.6. The first-order valence-corrected chi connectivity index (χ1v) is 7.75. The number of aromatic nitrogens is 2. The molecule has 0 radical (unpaired) electrons. The number of aryl methyl sites for hydroxylation is 2. The highest BCUT2D eigenvalue weighted by atomic mass is 32.2. The highest BCUT2D eigenvalue weighted by Gasteiger charge is 2.07. The molecule has 1 rings (SSSR count). The summed E-state index contributed by atoms with van der Waals surface area (Å²) in [6.07, 6.45) is 6.12. The smallest absolute Gasteiger partial charge is 0.0641 e. The summed E-state index contributed by atoms with van der Waals surface area (Å²) in [7, 11) is 2.01. The van der Waals surface area contributed by atoms with Gasteiger partial charge in [-0.05, 0) is 45.2 Å². The average Bonchev–Trinajstić information content (AvgIpc) is 2.54. The van der Waals surface area contributed by atoms with Gasteiger partial charge in [-0.1, -0.05) is 6.42 Å². The Morgan fingerprint density at radius 3 is 2.59 bits per heavy atom. The largest absolute Gasteiger partial charge is 0.313 e. The Kier molecular flexibility index (Phi) is 6.66. The molecule has 0 amide bonds. The van der Waals surface area contributed by atoms with Gasteiger partial charge in [-0.3, -0.25) is 4.68 Å². The van der Waals surface area contributed by atoms with Gasteiger partial charge in [0.1, 0.15) is 0 Å². The Balaban J connectivity index is 2.18. The maximum atomic E-state index is 4.42. The summed E-state index contributed by atoms with van der Waals surface area (Å²) >= 11 is 1.94. The Bertz CT molecular complexity index is 334. The Morgan fingerprint density at radius 2 is 2.00 bits per heavy atom. The molecule has 98 valence electrons. The van der Waals surface area contributed by atoms with Gasteiger partial charge in [0.2, 0.25) is 0 Å². The van der Waals surface area contributed by atoms with Crippen LogP contribution in [0.1, 0.15) is 36.2 Å². The van der Waals surface area contributed by atoms with Crippen LogP contribution in [0.4, 0.5) is 0 Å². The van der Waals surface area contributed by atoms with E-state index in [9.17, 15) is 0 Å². The fourth-order valence-corrected chi connectivity index (χ4v) is 2.45. The third-order valence-electron chi connectivity index (χ3n) is 3.16. The third-order valence-corrected chi connectivity index (χ3v) is 3.86. The van der Waals surface area contributed by atoms with Crippen molar-refractivity contribution in [2.45, 2.75) is 39.7 Å². The summed E-state index contributed by atoms with van der Waals surface area (Å²) in [4.78, 5) is 0. The minimum absolute atomic E-state index is 0.952. The lowest BCUT2D eigenvalue weighted by molar-refractivity contribution is 0.615. The van der Waals surface area contributed by atoms with Gasteiger partial charge in [0.25, 0.3) is 0 Å². The van der Waals surface area contributed by atoms with Crippen LogP contribution in [0.2, 0.25) is 0 Å². The summed E-state index contributed by atoms with van der Waals surface area (Å²) in [6, 6.07) is 0. The number of nitrogens with one attached hydrogen (secondary N) is 1. The average molecular weight is 255 g/mol. The van der Waals surface area contributed by atoms with E-state index in [0.29, 0.717) is 0 Å². The minimum atomic E-state index is 0.952. The molecule has 0 atom stereocenters. The van der Waals surface area contributed by atoms with E-state index in [1.54, 1.807) is 0 Å². The Hall–Kier alpha value is -0.480. The maximum Gasteiger partial charge on any atom is 0.0641 e. The third kappa shape index (κ3) is 4.72. The second kappa shape index (κ2) is 7.77. The maximum absolute atomic E-state index is 4.42. The summed E-state index contributed by atoms with van der Waals surface area (Å²) in [6.45, 7) is 6.29. The van der Waals surface area contributed by atoms with Gasteiger partial charge in [-0.15, -0.1) is 0 Å². The Morgan fingerprint density at radius 1 is 1.24 bits per heavy atom. The summed E-state index contributed by atoms with van der Waals surface area (Å²) in [5, 5.41) is 7.94. The van der Waals surface area contributed by atoms with E-state index >= 15 is 0 Å². The van der Waals surface area contributed by atoms with Crippen LogP contribution < -0.4 is 5.32 Å². The molecule has 0 aliphatic carbocycles. The summed E-state index contributed by atoms with van der Waals surface area (Å²) in [5.41, 5.74) is 3.79. The highest BCUT2D eigenvalue weighted by molar-refractivity contribution is 7.98. The van der Waals surface area contributed by atoms with Crippen LogP contribution in [0.25, 0.3) is 0 Å². The molecule has 4 heteroatoms. The van der Waals surface area contributed by atoms with Crippen LogP contribution in [0.3, 0.4) is 0 Å². The second-order valence-corrected chi connectivity index (χ2v) is 5.49. The number of hydrogen-bond acceptors (Lipinski definition) is 3. The van der Waals surface area contributed by atoms with Crippen molar-refractivity contribution in [2.75, 3.05) is 18.6 Å². The van der Waals surface area contributed by atoms with Crippen LogP contribution in [0.15, 0.2) is 0 Å². The standard InChI is InChI=1S/C13H25N3S/c1-11-13(12(2)16(3)15-11)10-14-8-6-5-7-9-17-4/h14H,5-10H2,1-4H3.